The van der Waals surface area contributed by atoms with Crippen LogP contribution in [0.5, 0.6) is 0 Å². The average molecular weight is 307 g/mol. The van der Waals surface area contributed by atoms with Gasteiger partial charge in [0.1, 0.15) is 12.1 Å². The van der Waals surface area contributed by atoms with E-state index in [0.717, 1.165) is 17.9 Å². The Morgan fingerprint density at radius 2 is 2.05 bits per heavy atom. The highest BCUT2D eigenvalue weighted by atomic mass is 16.7. The van der Waals surface area contributed by atoms with Crippen LogP contribution in [0.25, 0.3) is 0 Å². The van der Waals surface area contributed by atoms with Crippen LogP contribution in [0.3, 0.4) is 0 Å². The Hall–Kier alpha value is -1.47. The number of aliphatic hydroxyl groups excluding tert-OH is 3. The summed E-state index contributed by atoms with van der Waals surface area (Å²) >= 11 is 0. The number of nitrogens with zero attached hydrogens (tertiary/aromatic N) is 1. The molecule has 1 aliphatic carbocycles. The van der Waals surface area contributed by atoms with Gasteiger partial charge in [0.05, 0.1) is 19.3 Å². The third kappa shape index (κ3) is 2.52. The first-order valence-corrected chi connectivity index (χ1v) is 7.51. The molecule has 1 heterocycles. The van der Waals surface area contributed by atoms with E-state index in [9.17, 15) is 20.1 Å². The van der Waals surface area contributed by atoms with Gasteiger partial charge in [-0.25, -0.2) is 5.06 Å². The molecule has 1 aromatic rings. The van der Waals surface area contributed by atoms with Crippen molar-refractivity contribution in [2.24, 2.45) is 5.41 Å². The molecule has 120 valence electrons. The number of carbonyl (C=O) groups is 1. The second kappa shape index (κ2) is 5.62. The van der Waals surface area contributed by atoms with Crippen molar-refractivity contribution in [2.45, 2.75) is 38.0 Å². The summed E-state index contributed by atoms with van der Waals surface area (Å²) in [4.78, 5) is 18.2. The molecule has 0 radical (unpaired) electrons. The fourth-order valence-corrected chi connectivity index (χ4v) is 2.78. The SMILES string of the molecule is CC(O)C(O)C1c2ccccc2C(=O)N1OCC1(CO)CC1. The predicted molar refractivity (Wildman–Crippen MR) is 77.7 cm³/mol. The number of aliphatic hydroxyl groups is 3. The van der Waals surface area contributed by atoms with Crippen LogP contribution >= 0.6 is 0 Å². The maximum atomic E-state index is 12.5. The second-order valence-corrected chi connectivity index (χ2v) is 6.33. The van der Waals surface area contributed by atoms with Crippen LogP contribution in [0.15, 0.2) is 24.3 Å². The minimum atomic E-state index is -1.14. The lowest BCUT2D eigenvalue weighted by Crippen LogP contribution is -2.41. The van der Waals surface area contributed by atoms with E-state index in [4.69, 9.17) is 4.84 Å². The van der Waals surface area contributed by atoms with Crippen molar-refractivity contribution in [3.05, 3.63) is 35.4 Å². The standard InChI is InChI=1S/C16H21NO5/c1-10(19)14(20)13-11-4-2-3-5-12(11)15(21)17(13)22-9-16(8-18)6-7-16/h2-5,10,13-14,18-20H,6-9H2,1H3. The fraction of sp³-hybridized carbons (Fsp3) is 0.562. The number of hydrogen-bond acceptors (Lipinski definition) is 5. The highest BCUT2D eigenvalue weighted by Crippen LogP contribution is 2.46. The number of carbonyl (C=O) groups excluding carboxylic acids is 1. The van der Waals surface area contributed by atoms with Gasteiger partial charge < -0.3 is 15.3 Å². The average Bonchev–Trinajstić information content (AvgIpc) is 3.25. The number of amides is 1. The largest absolute Gasteiger partial charge is 0.396 e. The van der Waals surface area contributed by atoms with Gasteiger partial charge >= 0.3 is 0 Å². The molecule has 3 rings (SSSR count). The van der Waals surface area contributed by atoms with Crippen molar-refractivity contribution in [1.29, 1.82) is 0 Å². The third-order valence-corrected chi connectivity index (χ3v) is 4.58. The first kappa shape index (κ1) is 15.4. The fourth-order valence-electron chi connectivity index (χ4n) is 2.78. The first-order valence-electron chi connectivity index (χ1n) is 7.51. The molecule has 1 fully saturated rings. The van der Waals surface area contributed by atoms with Crippen molar-refractivity contribution in [2.75, 3.05) is 13.2 Å². The molecule has 1 aliphatic heterocycles. The predicted octanol–water partition coefficient (Wildman–Crippen LogP) is 0.629. The van der Waals surface area contributed by atoms with Crippen molar-refractivity contribution in [3.63, 3.8) is 0 Å². The van der Waals surface area contributed by atoms with Gasteiger partial charge in [0, 0.05) is 11.0 Å². The highest BCUT2D eigenvalue weighted by Gasteiger charge is 2.47. The molecule has 3 N–H and O–H groups in total. The van der Waals surface area contributed by atoms with Crippen molar-refractivity contribution >= 4 is 5.91 Å². The van der Waals surface area contributed by atoms with Crippen LogP contribution < -0.4 is 0 Å². The molecule has 0 bridgehead atoms. The molecule has 3 unspecified atom stereocenters. The summed E-state index contributed by atoms with van der Waals surface area (Å²) in [6.07, 6.45) is -0.413. The molecule has 0 aromatic heterocycles. The van der Waals surface area contributed by atoms with Crippen molar-refractivity contribution in [1.82, 2.24) is 5.06 Å². The lowest BCUT2D eigenvalue weighted by Gasteiger charge is -2.30. The number of fused-ring (bicyclic) bond motifs is 1. The lowest BCUT2D eigenvalue weighted by molar-refractivity contribution is -0.189. The Kier molecular flexibility index (Phi) is 3.94. The van der Waals surface area contributed by atoms with Crippen LogP contribution in [0, 0.1) is 5.41 Å². The molecule has 3 atom stereocenters. The van der Waals surface area contributed by atoms with Crippen LogP contribution in [0.1, 0.15) is 41.7 Å². The molecule has 1 amide bonds. The molecule has 0 saturated heterocycles. The molecule has 2 aliphatic rings. The number of rotatable bonds is 6. The molecular weight excluding hydrogens is 286 g/mol. The molecule has 6 heteroatoms. The monoisotopic (exact) mass is 307 g/mol. The quantitative estimate of drug-likeness (QED) is 0.717. The van der Waals surface area contributed by atoms with Gasteiger partial charge in [-0.3, -0.25) is 9.63 Å². The number of hydrogen-bond donors (Lipinski definition) is 3. The molecular formula is C16H21NO5. The third-order valence-electron chi connectivity index (χ3n) is 4.58. The Morgan fingerprint density at radius 1 is 1.36 bits per heavy atom. The highest BCUT2D eigenvalue weighted by molar-refractivity contribution is 5.98. The first-order chi connectivity index (χ1) is 10.5. The smallest absolute Gasteiger partial charge is 0.278 e. The zero-order valence-corrected chi connectivity index (χ0v) is 12.5. The molecule has 6 nitrogen and oxygen atoms in total. The van der Waals surface area contributed by atoms with E-state index < -0.39 is 18.2 Å². The van der Waals surface area contributed by atoms with E-state index in [1.165, 1.54) is 6.92 Å². The van der Waals surface area contributed by atoms with Gasteiger partial charge in [-0.15, -0.1) is 0 Å². The summed E-state index contributed by atoms with van der Waals surface area (Å²) in [6.45, 7) is 1.72. The molecule has 22 heavy (non-hydrogen) atoms. The summed E-state index contributed by atoms with van der Waals surface area (Å²) in [5.41, 5.74) is 0.853. The Labute approximate surface area is 128 Å². The summed E-state index contributed by atoms with van der Waals surface area (Å²) in [7, 11) is 0. The summed E-state index contributed by atoms with van der Waals surface area (Å²) in [5.74, 6) is -0.325. The van der Waals surface area contributed by atoms with Gasteiger partial charge in [0.15, 0.2) is 0 Å². The van der Waals surface area contributed by atoms with Gasteiger partial charge in [0.25, 0.3) is 5.91 Å². The van der Waals surface area contributed by atoms with Gasteiger partial charge in [-0.2, -0.15) is 0 Å². The Balaban J connectivity index is 1.85. The maximum absolute atomic E-state index is 12.5. The normalized spacial score (nSPS) is 25.0. The Morgan fingerprint density at radius 3 is 2.64 bits per heavy atom. The second-order valence-electron chi connectivity index (χ2n) is 6.33. The van der Waals surface area contributed by atoms with Gasteiger partial charge in [0.2, 0.25) is 0 Å². The molecule has 1 aromatic carbocycles. The zero-order chi connectivity index (χ0) is 15.9. The summed E-state index contributed by atoms with van der Waals surface area (Å²) in [6, 6.07) is 6.24. The van der Waals surface area contributed by atoms with Gasteiger partial charge in [-0.1, -0.05) is 18.2 Å². The minimum absolute atomic E-state index is 0.0194. The zero-order valence-electron chi connectivity index (χ0n) is 12.5. The van der Waals surface area contributed by atoms with Crippen LogP contribution in [0.2, 0.25) is 0 Å². The topological polar surface area (TPSA) is 90.2 Å². The molecule has 0 spiro atoms. The van der Waals surface area contributed by atoms with E-state index >= 15 is 0 Å². The van der Waals surface area contributed by atoms with Crippen molar-refractivity contribution < 1.29 is 25.0 Å². The van der Waals surface area contributed by atoms with E-state index in [-0.39, 0.29) is 24.5 Å². The van der Waals surface area contributed by atoms with E-state index in [2.05, 4.69) is 0 Å². The Bertz CT molecular complexity index is 569. The van der Waals surface area contributed by atoms with Crippen molar-refractivity contribution in [3.8, 4) is 0 Å². The van der Waals surface area contributed by atoms with Gasteiger partial charge in [-0.05, 0) is 31.4 Å². The maximum Gasteiger partial charge on any atom is 0.278 e. The summed E-state index contributed by atoms with van der Waals surface area (Å²) < 4.78 is 0. The van der Waals surface area contributed by atoms with Crippen LogP contribution in [0.4, 0.5) is 0 Å². The van der Waals surface area contributed by atoms with Crippen LogP contribution in [-0.2, 0) is 4.84 Å². The molecule has 1 saturated carbocycles. The minimum Gasteiger partial charge on any atom is -0.396 e. The van der Waals surface area contributed by atoms with Crippen LogP contribution in [-0.4, -0.2) is 51.7 Å². The lowest BCUT2D eigenvalue weighted by atomic mass is 9.98. The summed E-state index contributed by atoms with van der Waals surface area (Å²) in [5, 5.41) is 30.5. The number of hydroxylamine groups is 2. The van der Waals surface area contributed by atoms with E-state index in [1.807, 2.05) is 0 Å². The number of benzene rings is 1. The van der Waals surface area contributed by atoms with E-state index in [0.29, 0.717) is 11.1 Å². The van der Waals surface area contributed by atoms with E-state index in [1.54, 1.807) is 24.3 Å².